The highest BCUT2D eigenvalue weighted by molar-refractivity contribution is 8.00. The summed E-state index contributed by atoms with van der Waals surface area (Å²) in [6.45, 7) is 8.22. The van der Waals surface area contributed by atoms with Gasteiger partial charge in [0.25, 0.3) is 0 Å². The van der Waals surface area contributed by atoms with Gasteiger partial charge in [0.05, 0.1) is 11.8 Å². The van der Waals surface area contributed by atoms with E-state index >= 15 is 0 Å². The van der Waals surface area contributed by atoms with Crippen LogP contribution in [0, 0.1) is 0 Å². The Kier molecular flexibility index (Phi) is 3.56. The molecule has 2 nitrogen and oxygen atoms in total. The molecule has 1 atom stereocenters. The van der Waals surface area contributed by atoms with Crippen LogP contribution >= 0.6 is 11.8 Å². The molecule has 0 fully saturated rings. The van der Waals surface area contributed by atoms with Gasteiger partial charge in [0.15, 0.2) is 0 Å². The molecule has 0 bridgehead atoms. The Bertz CT molecular complexity index is 287. The van der Waals surface area contributed by atoms with E-state index in [0.717, 1.165) is 10.6 Å². The van der Waals surface area contributed by atoms with Crippen LogP contribution < -0.4 is 0 Å². The van der Waals surface area contributed by atoms with Gasteiger partial charge in [-0.3, -0.25) is 4.98 Å². The first-order chi connectivity index (χ1) is 6.38. The predicted octanol–water partition coefficient (Wildman–Crippen LogP) is 3.03. The van der Waals surface area contributed by atoms with E-state index < -0.39 is 6.10 Å². The van der Waals surface area contributed by atoms with Crippen LogP contribution in [0.1, 0.15) is 39.5 Å². The summed E-state index contributed by atoms with van der Waals surface area (Å²) in [7, 11) is 0. The van der Waals surface area contributed by atoms with Gasteiger partial charge < -0.3 is 5.11 Å². The van der Waals surface area contributed by atoms with Gasteiger partial charge in [-0.05, 0) is 19.1 Å². The smallest absolute Gasteiger partial charge is 0.0931 e. The molecular weight excluding hydrogens is 194 g/mol. The summed E-state index contributed by atoms with van der Waals surface area (Å²) in [5, 5.41) is 9.28. The Labute approximate surface area is 89.8 Å². The average Bonchev–Trinajstić information content (AvgIpc) is 2.02. The lowest BCUT2D eigenvalue weighted by Gasteiger charge is -2.17. The third-order valence-electron chi connectivity index (χ3n) is 1.61. The molecule has 0 amide bonds. The van der Waals surface area contributed by atoms with Crippen molar-refractivity contribution in [3.05, 3.63) is 24.0 Å². The summed E-state index contributed by atoms with van der Waals surface area (Å²) in [4.78, 5) is 5.33. The minimum Gasteiger partial charge on any atom is -0.387 e. The van der Waals surface area contributed by atoms with E-state index in [0.29, 0.717) is 0 Å². The van der Waals surface area contributed by atoms with Crippen LogP contribution in [0.25, 0.3) is 0 Å². The molecule has 0 radical (unpaired) electrons. The summed E-state index contributed by atoms with van der Waals surface area (Å²) in [5.74, 6) is 0. The summed E-state index contributed by atoms with van der Waals surface area (Å²) >= 11 is 1.78. The van der Waals surface area contributed by atoms with Gasteiger partial charge in [0.2, 0.25) is 0 Å². The number of hydrogen-bond donors (Lipinski definition) is 1. The normalized spacial score (nSPS) is 14.1. The third kappa shape index (κ3) is 3.68. The van der Waals surface area contributed by atoms with E-state index in [9.17, 15) is 5.11 Å². The SMILES string of the molecule is CC(O)c1ccc(SC(C)(C)C)cn1. The Hall–Kier alpha value is -0.540. The maximum absolute atomic E-state index is 9.28. The number of aliphatic hydroxyl groups excluding tert-OH is 1. The first kappa shape index (κ1) is 11.5. The van der Waals surface area contributed by atoms with Crippen molar-refractivity contribution >= 4 is 11.8 Å². The standard InChI is InChI=1S/C11H17NOS/c1-8(13)10-6-5-9(7-12-10)14-11(2,3)4/h5-8,13H,1-4H3. The molecule has 1 unspecified atom stereocenters. The van der Waals surface area contributed by atoms with Crippen molar-refractivity contribution < 1.29 is 5.11 Å². The zero-order valence-electron chi connectivity index (χ0n) is 9.11. The van der Waals surface area contributed by atoms with Gasteiger partial charge in [0, 0.05) is 15.8 Å². The Balaban J connectivity index is 2.74. The van der Waals surface area contributed by atoms with E-state index in [1.807, 2.05) is 18.3 Å². The summed E-state index contributed by atoms with van der Waals surface area (Å²) in [6, 6.07) is 3.88. The number of pyridine rings is 1. The average molecular weight is 211 g/mol. The van der Waals surface area contributed by atoms with Gasteiger partial charge in [-0.15, -0.1) is 11.8 Å². The molecule has 0 aliphatic rings. The minimum atomic E-state index is -0.483. The van der Waals surface area contributed by atoms with E-state index in [1.54, 1.807) is 18.7 Å². The van der Waals surface area contributed by atoms with E-state index in [1.165, 1.54) is 0 Å². The molecule has 1 aromatic rings. The minimum absolute atomic E-state index is 0.202. The summed E-state index contributed by atoms with van der Waals surface area (Å²) in [6.07, 6.45) is 1.33. The monoisotopic (exact) mass is 211 g/mol. The molecular formula is C11H17NOS. The molecule has 1 N–H and O–H groups in total. The van der Waals surface area contributed by atoms with Crippen LogP contribution in [0.3, 0.4) is 0 Å². The van der Waals surface area contributed by atoms with Crippen LogP contribution in [-0.4, -0.2) is 14.8 Å². The quantitative estimate of drug-likeness (QED) is 0.763. The third-order valence-corrected chi connectivity index (χ3v) is 2.70. The van der Waals surface area contributed by atoms with Crippen molar-refractivity contribution in [2.24, 2.45) is 0 Å². The molecule has 1 rings (SSSR count). The van der Waals surface area contributed by atoms with Gasteiger partial charge in [-0.25, -0.2) is 0 Å². The maximum Gasteiger partial charge on any atom is 0.0931 e. The number of nitrogens with zero attached hydrogens (tertiary/aromatic N) is 1. The number of thioether (sulfide) groups is 1. The lowest BCUT2D eigenvalue weighted by atomic mass is 10.2. The van der Waals surface area contributed by atoms with Gasteiger partial charge in [0.1, 0.15) is 0 Å². The number of hydrogen-bond acceptors (Lipinski definition) is 3. The number of rotatable bonds is 2. The van der Waals surface area contributed by atoms with E-state index in [-0.39, 0.29) is 4.75 Å². The molecule has 0 aliphatic heterocycles. The highest BCUT2D eigenvalue weighted by atomic mass is 32.2. The summed E-state index contributed by atoms with van der Waals surface area (Å²) < 4.78 is 0.202. The largest absolute Gasteiger partial charge is 0.387 e. The molecule has 0 aliphatic carbocycles. The van der Waals surface area contributed by atoms with Crippen LogP contribution in [-0.2, 0) is 0 Å². The first-order valence-corrected chi connectivity index (χ1v) is 5.53. The predicted molar refractivity (Wildman–Crippen MR) is 60.5 cm³/mol. The van der Waals surface area contributed by atoms with Crippen molar-refractivity contribution in [2.75, 3.05) is 0 Å². The van der Waals surface area contributed by atoms with Gasteiger partial charge in [-0.2, -0.15) is 0 Å². The fraction of sp³-hybridized carbons (Fsp3) is 0.545. The number of aliphatic hydroxyl groups is 1. The second-order valence-electron chi connectivity index (χ2n) is 4.31. The van der Waals surface area contributed by atoms with Crippen molar-refractivity contribution in [1.82, 2.24) is 4.98 Å². The van der Waals surface area contributed by atoms with E-state index in [2.05, 4.69) is 25.8 Å². The highest BCUT2D eigenvalue weighted by Crippen LogP contribution is 2.31. The molecule has 0 saturated carbocycles. The molecule has 78 valence electrons. The molecule has 0 saturated heterocycles. The molecule has 3 heteroatoms. The second-order valence-corrected chi connectivity index (χ2v) is 6.21. The fourth-order valence-corrected chi connectivity index (χ4v) is 2.00. The molecule has 1 aromatic heterocycles. The van der Waals surface area contributed by atoms with Crippen molar-refractivity contribution in [1.29, 1.82) is 0 Å². The van der Waals surface area contributed by atoms with Crippen molar-refractivity contribution in [3.63, 3.8) is 0 Å². The fourth-order valence-electron chi connectivity index (χ4n) is 1.05. The van der Waals surface area contributed by atoms with Crippen LogP contribution in [0.15, 0.2) is 23.2 Å². The molecule has 14 heavy (non-hydrogen) atoms. The highest BCUT2D eigenvalue weighted by Gasteiger charge is 2.12. The molecule has 0 spiro atoms. The lowest BCUT2D eigenvalue weighted by molar-refractivity contribution is 0.194. The van der Waals surface area contributed by atoms with Crippen molar-refractivity contribution in [3.8, 4) is 0 Å². The maximum atomic E-state index is 9.28. The second kappa shape index (κ2) is 4.32. The first-order valence-electron chi connectivity index (χ1n) is 4.71. The van der Waals surface area contributed by atoms with E-state index in [4.69, 9.17) is 0 Å². The Morgan fingerprint density at radius 2 is 2.00 bits per heavy atom. The van der Waals surface area contributed by atoms with Crippen LogP contribution in [0.4, 0.5) is 0 Å². The number of aromatic nitrogens is 1. The van der Waals surface area contributed by atoms with Crippen molar-refractivity contribution in [2.45, 2.75) is 43.4 Å². The zero-order chi connectivity index (χ0) is 10.8. The topological polar surface area (TPSA) is 33.1 Å². The Morgan fingerprint density at radius 3 is 2.36 bits per heavy atom. The van der Waals surface area contributed by atoms with Crippen LogP contribution in [0.5, 0.6) is 0 Å². The van der Waals surface area contributed by atoms with Gasteiger partial charge >= 0.3 is 0 Å². The lowest BCUT2D eigenvalue weighted by Crippen LogP contribution is -2.06. The summed E-state index contributed by atoms with van der Waals surface area (Å²) in [5.41, 5.74) is 0.725. The zero-order valence-corrected chi connectivity index (χ0v) is 9.93. The molecule has 0 aromatic carbocycles. The van der Waals surface area contributed by atoms with Crippen LogP contribution in [0.2, 0.25) is 0 Å². The van der Waals surface area contributed by atoms with Gasteiger partial charge in [-0.1, -0.05) is 20.8 Å². The Morgan fingerprint density at radius 1 is 1.36 bits per heavy atom. The molecule has 1 heterocycles.